The van der Waals surface area contributed by atoms with Gasteiger partial charge in [0.2, 0.25) is 0 Å². The minimum absolute atomic E-state index is 0.0228. The number of hydrogen-bond donors (Lipinski definition) is 0. The van der Waals surface area contributed by atoms with Crippen molar-refractivity contribution in [3.05, 3.63) is 69.8 Å². The molecule has 0 radical (unpaired) electrons. The van der Waals surface area contributed by atoms with Crippen LogP contribution in [-0.4, -0.2) is 4.92 Å². The van der Waals surface area contributed by atoms with Gasteiger partial charge in [-0.2, -0.15) is 5.26 Å². The van der Waals surface area contributed by atoms with E-state index in [-0.39, 0.29) is 12.3 Å². The number of rotatable bonds is 4. The summed E-state index contributed by atoms with van der Waals surface area (Å²) in [7, 11) is 0. The number of nitro groups is 1. The van der Waals surface area contributed by atoms with Crippen molar-refractivity contribution in [2.24, 2.45) is 0 Å². The molecule has 0 aliphatic rings. The number of hydrogen-bond acceptors (Lipinski definition) is 4. The highest BCUT2D eigenvalue weighted by Crippen LogP contribution is 2.19. The molecule has 0 heterocycles. The van der Waals surface area contributed by atoms with E-state index in [1.165, 1.54) is 12.1 Å². The maximum Gasteiger partial charge on any atom is 0.269 e. The molecule has 5 heteroatoms. The van der Waals surface area contributed by atoms with E-state index in [0.717, 1.165) is 0 Å². The highest BCUT2D eigenvalue weighted by Gasteiger charge is 2.07. The highest BCUT2D eigenvalue weighted by atomic mass is 16.6. The van der Waals surface area contributed by atoms with Gasteiger partial charge in [0.25, 0.3) is 5.69 Å². The maximum absolute atomic E-state index is 10.6. The molecule has 0 saturated carbocycles. The largest absolute Gasteiger partial charge is 0.488 e. The van der Waals surface area contributed by atoms with E-state index in [1.54, 1.807) is 36.4 Å². The molecule has 19 heavy (non-hydrogen) atoms. The van der Waals surface area contributed by atoms with E-state index in [4.69, 9.17) is 10.00 Å². The van der Waals surface area contributed by atoms with E-state index in [9.17, 15) is 10.1 Å². The van der Waals surface area contributed by atoms with Gasteiger partial charge in [-0.25, -0.2) is 0 Å². The summed E-state index contributed by atoms with van der Waals surface area (Å²) in [4.78, 5) is 10.2. The minimum Gasteiger partial charge on any atom is -0.488 e. The second-order valence-electron chi connectivity index (χ2n) is 3.82. The lowest BCUT2D eigenvalue weighted by Gasteiger charge is -2.07. The topological polar surface area (TPSA) is 76.2 Å². The molecule has 0 aliphatic heterocycles. The minimum atomic E-state index is -0.452. The van der Waals surface area contributed by atoms with Crippen molar-refractivity contribution in [1.82, 2.24) is 0 Å². The van der Waals surface area contributed by atoms with Gasteiger partial charge < -0.3 is 4.74 Å². The summed E-state index contributed by atoms with van der Waals surface area (Å²) >= 11 is 0. The van der Waals surface area contributed by atoms with Crippen LogP contribution in [-0.2, 0) is 6.61 Å². The molecular formula is C14H10N2O3. The molecule has 94 valence electrons. The van der Waals surface area contributed by atoms with E-state index >= 15 is 0 Å². The van der Waals surface area contributed by atoms with Crippen molar-refractivity contribution >= 4 is 5.69 Å². The zero-order chi connectivity index (χ0) is 13.7. The van der Waals surface area contributed by atoms with Gasteiger partial charge in [-0.1, -0.05) is 24.3 Å². The summed E-state index contributed by atoms with van der Waals surface area (Å²) in [5.74, 6) is 0.469. The molecule has 0 fully saturated rings. The third-order valence-corrected chi connectivity index (χ3v) is 2.52. The van der Waals surface area contributed by atoms with Crippen molar-refractivity contribution in [3.8, 4) is 11.8 Å². The molecule has 0 bridgehead atoms. The zero-order valence-electron chi connectivity index (χ0n) is 9.95. The predicted octanol–water partition coefficient (Wildman–Crippen LogP) is 3.05. The number of nitriles is 1. The molecule has 2 aromatic rings. The first-order valence-corrected chi connectivity index (χ1v) is 5.56. The van der Waals surface area contributed by atoms with Crippen LogP contribution in [0.4, 0.5) is 5.69 Å². The maximum atomic E-state index is 10.6. The zero-order valence-corrected chi connectivity index (χ0v) is 9.95. The van der Waals surface area contributed by atoms with Gasteiger partial charge in [-0.05, 0) is 17.7 Å². The van der Waals surface area contributed by atoms with E-state index in [2.05, 4.69) is 0 Å². The van der Waals surface area contributed by atoms with Gasteiger partial charge >= 0.3 is 0 Å². The molecule has 0 amide bonds. The summed E-state index contributed by atoms with van der Waals surface area (Å²) in [6, 6.07) is 15.1. The van der Waals surface area contributed by atoms with Crippen LogP contribution in [0.15, 0.2) is 48.5 Å². The summed E-state index contributed by atoms with van der Waals surface area (Å²) in [5.41, 5.74) is 1.14. The summed E-state index contributed by atoms with van der Waals surface area (Å²) in [6.45, 7) is 0.181. The monoisotopic (exact) mass is 254 g/mol. The van der Waals surface area contributed by atoms with Crippen molar-refractivity contribution < 1.29 is 9.66 Å². The smallest absolute Gasteiger partial charge is 0.269 e. The first-order valence-electron chi connectivity index (χ1n) is 5.56. The van der Waals surface area contributed by atoms with Gasteiger partial charge in [-0.3, -0.25) is 10.1 Å². The molecule has 0 saturated heterocycles. The quantitative estimate of drug-likeness (QED) is 0.620. The first kappa shape index (κ1) is 12.6. The molecule has 2 rings (SSSR count). The Morgan fingerprint density at radius 2 is 2.00 bits per heavy atom. The fourth-order valence-electron chi connectivity index (χ4n) is 1.61. The standard InChI is InChI=1S/C14H10N2O3/c15-9-12-5-1-2-7-14(12)19-10-11-4-3-6-13(8-11)16(17)18/h1-8H,10H2. The fourth-order valence-corrected chi connectivity index (χ4v) is 1.61. The lowest BCUT2D eigenvalue weighted by Crippen LogP contribution is -1.98. The van der Waals surface area contributed by atoms with Crippen LogP contribution in [0.3, 0.4) is 0 Å². The highest BCUT2D eigenvalue weighted by molar-refractivity contribution is 5.42. The Labute approximate surface area is 109 Å². The van der Waals surface area contributed by atoms with Crippen LogP contribution in [0.1, 0.15) is 11.1 Å². The second-order valence-corrected chi connectivity index (χ2v) is 3.82. The van der Waals surface area contributed by atoms with Crippen LogP contribution in [0.2, 0.25) is 0 Å². The molecular weight excluding hydrogens is 244 g/mol. The Morgan fingerprint density at radius 1 is 1.21 bits per heavy atom. The molecule has 0 N–H and O–H groups in total. The van der Waals surface area contributed by atoms with Crippen LogP contribution in [0.25, 0.3) is 0 Å². The molecule has 0 unspecified atom stereocenters. The Kier molecular flexibility index (Phi) is 3.74. The number of nitro benzene ring substituents is 1. The number of benzene rings is 2. The Hall–Kier alpha value is -2.87. The summed E-state index contributed by atoms with van der Waals surface area (Å²) in [6.07, 6.45) is 0. The van der Waals surface area contributed by atoms with Crippen LogP contribution in [0, 0.1) is 21.4 Å². The molecule has 5 nitrogen and oxygen atoms in total. The van der Waals surface area contributed by atoms with Crippen molar-refractivity contribution in [2.75, 3.05) is 0 Å². The van der Waals surface area contributed by atoms with Gasteiger partial charge in [0, 0.05) is 12.1 Å². The van der Waals surface area contributed by atoms with Crippen LogP contribution in [0.5, 0.6) is 5.75 Å². The molecule has 0 aliphatic carbocycles. The van der Waals surface area contributed by atoms with Crippen molar-refractivity contribution in [3.63, 3.8) is 0 Å². The average Bonchev–Trinajstić information content (AvgIpc) is 2.45. The van der Waals surface area contributed by atoms with Crippen LogP contribution >= 0.6 is 0 Å². The van der Waals surface area contributed by atoms with Crippen LogP contribution < -0.4 is 4.74 Å². The SMILES string of the molecule is N#Cc1ccccc1OCc1cccc([N+](=O)[O-])c1. The van der Waals surface area contributed by atoms with E-state index < -0.39 is 4.92 Å². The number of para-hydroxylation sites is 1. The summed E-state index contributed by atoms with van der Waals surface area (Å²) in [5, 5.41) is 19.6. The third kappa shape index (κ3) is 3.07. The Balaban J connectivity index is 2.13. The molecule has 0 atom stereocenters. The molecule has 0 aromatic heterocycles. The average molecular weight is 254 g/mol. The fraction of sp³-hybridized carbons (Fsp3) is 0.0714. The van der Waals surface area contributed by atoms with Crippen molar-refractivity contribution in [2.45, 2.75) is 6.61 Å². The predicted molar refractivity (Wildman–Crippen MR) is 68.6 cm³/mol. The van der Waals surface area contributed by atoms with E-state index in [0.29, 0.717) is 16.9 Å². The Bertz CT molecular complexity index is 647. The number of ether oxygens (including phenoxy) is 1. The van der Waals surface area contributed by atoms with Crippen molar-refractivity contribution in [1.29, 1.82) is 5.26 Å². The normalized spacial score (nSPS) is 9.63. The first-order chi connectivity index (χ1) is 9.20. The van der Waals surface area contributed by atoms with Gasteiger partial charge in [0.15, 0.2) is 0 Å². The molecule has 0 spiro atoms. The lowest BCUT2D eigenvalue weighted by atomic mass is 10.2. The van der Waals surface area contributed by atoms with E-state index in [1.807, 2.05) is 6.07 Å². The third-order valence-electron chi connectivity index (χ3n) is 2.52. The Morgan fingerprint density at radius 3 is 2.74 bits per heavy atom. The second kappa shape index (κ2) is 5.65. The van der Waals surface area contributed by atoms with Gasteiger partial charge in [0.05, 0.1) is 10.5 Å². The number of nitrogens with zero attached hydrogens (tertiary/aromatic N) is 2. The molecule has 2 aromatic carbocycles. The number of non-ortho nitro benzene ring substituents is 1. The summed E-state index contributed by atoms with van der Waals surface area (Å²) < 4.78 is 5.50. The lowest BCUT2D eigenvalue weighted by molar-refractivity contribution is -0.384. The van der Waals surface area contributed by atoms with Gasteiger partial charge in [-0.15, -0.1) is 0 Å². The van der Waals surface area contributed by atoms with Gasteiger partial charge in [0.1, 0.15) is 18.4 Å².